The van der Waals surface area contributed by atoms with Crippen LogP contribution in [-0.4, -0.2) is 32.6 Å². The Kier molecular flexibility index (Phi) is 3.66. The van der Waals surface area contributed by atoms with E-state index in [0.29, 0.717) is 23.6 Å². The van der Waals surface area contributed by atoms with Gasteiger partial charge in [-0.1, -0.05) is 6.92 Å². The second-order valence-electron chi connectivity index (χ2n) is 5.44. The summed E-state index contributed by atoms with van der Waals surface area (Å²) >= 11 is 0. The van der Waals surface area contributed by atoms with Gasteiger partial charge in [0.25, 0.3) is 5.91 Å². The normalized spacial score (nSPS) is 11.0. The number of carbonyl (C=O) groups excluding carboxylic acids is 1. The van der Waals surface area contributed by atoms with Crippen LogP contribution in [0.1, 0.15) is 34.8 Å². The van der Waals surface area contributed by atoms with E-state index in [0.717, 1.165) is 17.5 Å². The lowest BCUT2D eigenvalue weighted by molar-refractivity contribution is 0.0954. The van der Waals surface area contributed by atoms with E-state index in [9.17, 15) is 4.79 Å². The van der Waals surface area contributed by atoms with Crippen LogP contribution in [0.3, 0.4) is 0 Å². The Morgan fingerprint density at radius 3 is 2.82 bits per heavy atom. The molecule has 0 aliphatic heterocycles. The maximum atomic E-state index is 12.2. The van der Waals surface area contributed by atoms with Crippen LogP contribution in [0.25, 0.3) is 22.6 Å². The molecule has 3 rings (SSSR count). The van der Waals surface area contributed by atoms with Crippen LogP contribution in [0.5, 0.6) is 0 Å². The van der Waals surface area contributed by atoms with Gasteiger partial charge in [-0.15, -0.1) is 0 Å². The van der Waals surface area contributed by atoms with Gasteiger partial charge in [0.2, 0.25) is 0 Å². The first-order valence-corrected chi connectivity index (χ1v) is 7.39. The number of aromatic nitrogens is 4. The molecule has 1 aromatic carbocycles. The minimum absolute atomic E-state index is 0.140. The third kappa shape index (κ3) is 2.47. The predicted molar refractivity (Wildman–Crippen MR) is 85.8 cm³/mol. The molecule has 114 valence electrons. The van der Waals surface area contributed by atoms with Crippen molar-refractivity contribution in [1.29, 1.82) is 0 Å². The van der Waals surface area contributed by atoms with Gasteiger partial charge >= 0.3 is 0 Å². The predicted octanol–water partition coefficient (Wildman–Crippen LogP) is 2.71. The second kappa shape index (κ2) is 5.63. The summed E-state index contributed by atoms with van der Waals surface area (Å²) in [5, 5.41) is 9.78. The summed E-state index contributed by atoms with van der Waals surface area (Å²) in [4.78, 5) is 20.0. The quantitative estimate of drug-likeness (QED) is 0.692. The van der Waals surface area contributed by atoms with Gasteiger partial charge in [-0.3, -0.25) is 9.89 Å². The Morgan fingerprint density at radius 2 is 2.05 bits per heavy atom. The van der Waals surface area contributed by atoms with Crippen molar-refractivity contribution in [3.05, 3.63) is 35.0 Å². The Hall–Kier alpha value is -2.63. The first-order chi connectivity index (χ1) is 10.6. The van der Waals surface area contributed by atoms with Crippen LogP contribution in [0.4, 0.5) is 0 Å². The Bertz CT molecular complexity index is 791. The zero-order valence-electron chi connectivity index (χ0n) is 12.9. The number of hydrogen-bond donors (Lipinski definition) is 3. The lowest BCUT2D eigenvalue weighted by Crippen LogP contribution is -2.24. The molecular formula is C16H19N5O. The molecule has 6 nitrogen and oxygen atoms in total. The molecule has 0 saturated heterocycles. The standard InChI is InChI=1S/C16H19N5O/c1-4-5-17-16(22)11-8-18-21-14(11)15-19-12-6-9(2)10(3)7-13(12)20-15/h6-8H,4-5H2,1-3H3,(H,17,22)(H,18,21)(H,19,20). The molecule has 0 atom stereocenters. The maximum absolute atomic E-state index is 12.2. The molecule has 3 N–H and O–H groups in total. The first-order valence-electron chi connectivity index (χ1n) is 7.39. The number of hydrogen-bond acceptors (Lipinski definition) is 3. The van der Waals surface area contributed by atoms with E-state index < -0.39 is 0 Å². The van der Waals surface area contributed by atoms with Crippen molar-refractivity contribution in [3.63, 3.8) is 0 Å². The molecule has 0 spiro atoms. The van der Waals surface area contributed by atoms with Crippen LogP contribution in [0.15, 0.2) is 18.3 Å². The number of carbonyl (C=O) groups is 1. The van der Waals surface area contributed by atoms with Gasteiger partial charge in [0.1, 0.15) is 5.69 Å². The number of nitrogens with zero attached hydrogens (tertiary/aromatic N) is 2. The minimum Gasteiger partial charge on any atom is -0.352 e. The van der Waals surface area contributed by atoms with Crippen LogP contribution in [0.2, 0.25) is 0 Å². The van der Waals surface area contributed by atoms with Crippen molar-refractivity contribution >= 4 is 16.9 Å². The summed E-state index contributed by atoms with van der Waals surface area (Å²) in [7, 11) is 0. The van der Waals surface area contributed by atoms with Crippen LogP contribution < -0.4 is 5.32 Å². The van der Waals surface area contributed by atoms with E-state index in [1.807, 2.05) is 13.0 Å². The first kappa shape index (κ1) is 14.3. The highest BCUT2D eigenvalue weighted by Crippen LogP contribution is 2.23. The monoisotopic (exact) mass is 297 g/mol. The zero-order valence-corrected chi connectivity index (χ0v) is 12.9. The Morgan fingerprint density at radius 1 is 1.27 bits per heavy atom. The Balaban J connectivity index is 2.01. The summed E-state index contributed by atoms with van der Waals surface area (Å²) in [6, 6.07) is 4.10. The van der Waals surface area contributed by atoms with Gasteiger partial charge in [-0.05, 0) is 43.5 Å². The third-order valence-corrected chi connectivity index (χ3v) is 3.74. The van der Waals surface area contributed by atoms with Crippen molar-refractivity contribution < 1.29 is 4.79 Å². The number of fused-ring (bicyclic) bond motifs is 1. The molecule has 1 amide bonds. The number of aryl methyl sites for hydroxylation is 2. The average Bonchev–Trinajstić information content (AvgIpc) is 3.11. The van der Waals surface area contributed by atoms with Gasteiger partial charge in [0, 0.05) is 12.7 Å². The van der Waals surface area contributed by atoms with E-state index in [2.05, 4.69) is 45.4 Å². The number of nitrogens with one attached hydrogen (secondary N) is 3. The fourth-order valence-corrected chi connectivity index (χ4v) is 2.36. The minimum atomic E-state index is -0.140. The summed E-state index contributed by atoms with van der Waals surface area (Å²) < 4.78 is 0. The molecule has 0 aliphatic carbocycles. The van der Waals surface area contributed by atoms with Crippen molar-refractivity contribution in [2.75, 3.05) is 6.54 Å². The topological polar surface area (TPSA) is 86.5 Å². The van der Waals surface area contributed by atoms with E-state index in [-0.39, 0.29) is 5.91 Å². The highest BCUT2D eigenvalue weighted by Gasteiger charge is 2.18. The summed E-state index contributed by atoms with van der Waals surface area (Å²) in [6.45, 7) is 6.77. The second-order valence-corrected chi connectivity index (χ2v) is 5.44. The van der Waals surface area contributed by atoms with Gasteiger partial charge in [-0.2, -0.15) is 5.10 Å². The van der Waals surface area contributed by atoms with Gasteiger partial charge in [-0.25, -0.2) is 4.98 Å². The van der Waals surface area contributed by atoms with Crippen molar-refractivity contribution in [2.24, 2.45) is 0 Å². The molecule has 22 heavy (non-hydrogen) atoms. The van der Waals surface area contributed by atoms with E-state index >= 15 is 0 Å². The molecule has 3 aromatic rings. The van der Waals surface area contributed by atoms with Gasteiger partial charge < -0.3 is 10.3 Å². The third-order valence-electron chi connectivity index (χ3n) is 3.74. The number of rotatable bonds is 4. The SMILES string of the molecule is CCCNC(=O)c1c[nH]nc1-c1nc2cc(C)c(C)cc2[nH]1. The van der Waals surface area contributed by atoms with Gasteiger partial charge in [0.15, 0.2) is 5.82 Å². The van der Waals surface area contributed by atoms with Crippen LogP contribution in [-0.2, 0) is 0 Å². The molecule has 0 saturated carbocycles. The van der Waals surface area contributed by atoms with Crippen molar-refractivity contribution in [2.45, 2.75) is 27.2 Å². The molecule has 2 aromatic heterocycles. The zero-order chi connectivity index (χ0) is 15.7. The largest absolute Gasteiger partial charge is 0.352 e. The van der Waals surface area contributed by atoms with E-state index in [1.54, 1.807) is 6.20 Å². The molecule has 0 fully saturated rings. The molecule has 0 bridgehead atoms. The van der Waals surface area contributed by atoms with Crippen LogP contribution >= 0.6 is 0 Å². The fraction of sp³-hybridized carbons (Fsp3) is 0.312. The summed E-state index contributed by atoms with van der Waals surface area (Å²) in [5.41, 5.74) is 5.25. The lowest BCUT2D eigenvalue weighted by Gasteiger charge is -2.01. The van der Waals surface area contributed by atoms with Crippen molar-refractivity contribution in [3.8, 4) is 11.5 Å². The number of H-pyrrole nitrogens is 2. The van der Waals surface area contributed by atoms with Crippen LogP contribution in [0, 0.1) is 13.8 Å². The highest BCUT2D eigenvalue weighted by molar-refractivity contribution is 5.99. The average molecular weight is 297 g/mol. The number of amides is 1. The Labute approximate surface area is 128 Å². The summed E-state index contributed by atoms with van der Waals surface area (Å²) in [6.07, 6.45) is 2.49. The molecular weight excluding hydrogens is 278 g/mol. The molecule has 0 radical (unpaired) electrons. The van der Waals surface area contributed by atoms with Gasteiger partial charge in [0.05, 0.1) is 16.6 Å². The molecule has 6 heteroatoms. The molecule has 0 unspecified atom stereocenters. The van der Waals surface area contributed by atoms with E-state index in [4.69, 9.17) is 0 Å². The van der Waals surface area contributed by atoms with Crippen molar-refractivity contribution in [1.82, 2.24) is 25.5 Å². The number of imidazole rings is 1. The number of aromatic amines is 2. The smallest absolute Gasteiger partial charge is 0.255 e. The summed E-state index contributed by atoms with van der Waals surface area (Å²) in [5.74, 6) is 0.460. The lowest BCUT2D eigenvalue weighted by atomic mass is 10.1. The van der Waals surface area contributed by atoms with E-state index in [1.165, 1.54) is 11.1 Å². The fourth-order valence-electron chi connectivity index (χ4n) is 2.36. The molecule has 0 aliphatic rings. The highest BCUT2D eigenvalue weighted by atomic mass is 16.1. The number of benzene rings is 1. The maximum Gasteiger partial charge on any atom is 0.255 e. The molecule has 2 heterocycles.